The van der Waals surface area contributed by atoms with Crippen LogP contribution in [0.15, 0.2) is 29.2 Å². The standard InChI is InChI=1S/C26H33F7O4S/c1-16(2)26(35)36-13-3-4-24(34)37-21-11-9-18(10-12-21)17-5-7-19(8-6-17)20-14-22(27)25(23(28)15-20)38(29,30,31,32)33/h14-15,17-19,21H,1,3-13H2,2H3. The van der Waals surface area contributed by atoms with Crippen molar-refractivity contribution >= 4 is 22.2 Å². The van der Waals surface area contributed by atoms with Crippen molar-refractivity contribution < 1.29 is 47.3 Å². The molecular weight excluding hydrogens is 541 g/mol. The summed E-state index contributed by atoms with van der Waals surface area (Å²) < 4.78 is 103. The largest absolute Gasteiger partial charge is 0.462 e. The zero-order valence-electron chi connectivity index (χ0n) is 21.1. The monoisotopic (exact) mass is 574 g/mol. The third kappa shape index (κ3) is 8.13. The molecule has 0 amide bonds. The highest BCUT2D eigenvalue weighted by molar-refractivity contribution is 8.45. The van der Waals surface area contributed by atoms with Crippen LogP contribution in [0, 0.1) is 23.5 Å². The molecule has 38 heavy (non-hydrogen) atoms. The summed E-state index contributed by atoms with van der Waals surface area (Å²) in [4.78, 5) is 20.3. The van der Waals surface area contributed by atoms with Gasteiger partial charge in [-0.15, -0.1) is 0 Å². The number of esters is 2. The van der Waals surface area contributed by atoms with E-state index in [1.54, 1.807) is 0 Å². The quantitative estimate of drug-likeness (QED) is 0.128. The average Bonchev–Trinajstić information content (AvgIpc) is 2.80. The van der Waals surface area contributed by atoms with Crippen LogP contribution in [0.5, 0.6) is 0 Å². The van der Waals surface area contributed by atoms with Crippen LogP contribution in [-0.4, -0.2) is 24.6 Å². The van der Waals surface area contributed by atoms with Gasteiger partial charge in [0.05, 0.1) is 6.61 Å². The van der Waals surface area contributed by atoms with E-state index in [1.165, 1.54) is 6.92 Å². The molecule has 2 fully saturated rings. The maximum Gasteiger partial charge on any atom is 0.333 e. The zero-order chi connectivity index (χ0) is 28.4. The Hall–Kier alpha value is -2.24. The van der Waals surface area contributed by atoms with Crippen LogP contribution < -0.4 is 0 Å². The predicted octanol–water partition coefficient (Wildman–Crippen LogP) is 8.90. The molecule has 0 aromatic heterocycles. The lowest BCUT2D eigenvalue weighted by atomic mass is 9.69. The van der Waals surface area contributed by atoms with E-state index in [1.807, 2.05) is 0 Å². The van der Waals surface area contributed by atoms with Gasteiger partial charge in [0.2, 0.25) is 0 Å². The van der Waals surface area contributed by atoms with E-state index in [0.717, 1.165) is 12.8 Å². The van der Waals surface area contributed by atoms with Crippen molar-refractivity contribution in [2.24, 2.45) is 11.8 Å². The second kappa shape index (κ2) is 10.7. The second-order valence-electron chi connectivity index (χ2n) is 10.4. The molecular formula is C26H33F7O4S. The summed E-state index contributed by atoms with van der Waals surface area (Å²) in [6.45, 7) is 5.12. The van der Waals surface area contributed by atoms with Crippen LogP contribution in [0.25, 0.3) is 0 Å². The first-order valence-electron chi connectivity index (χ1n) is 12.7. The molecule has 0 heterocycles. The molecule has 0 atom stereocenters. The predicted molar refractivity (Wildman–Crippen MR) is 129 cm³/mol. The van der Waals surface area contributed by atoms with Gasteiger partial charge in [-0.05, 0) is 100 Å². The SMILES string of the molecule is C=C(C)C(=O)OCCCC(=O)OC1CCC(C2CCC(c3cc(F)c(S(F)(F)(F)(F)F)c(F)c3)CC2)CC1. The third-order valence-corrected chi connectivity index (χ3v) is 8.60. The van der Waals surface area contributed by atoms with E-state index in [0.29, 0.717) is 68.9 Å². The topological polar surface area (TPSA) is 52.6 Å². The van der Waals surface area contributed by atoms with Gasteiger partial charge in [0.1, 0.15) is 17.7 Å². The Kier molecular flexibility index (Phi) is 8.56. The molecule has 0 spiro atoms. The highest BCUT2D eigenvalue weighted by atomic mass is 32.5. The summed E-state index contributed by atoms with van der Waals surface area (Å²) in [5.41, 5.74) is 0.252. The Bertz CT molecular complexity index is 1040. The molecule has 0 radical (unpaired) electrons. The summed E-state index contributed by atoms with van der Waals surface area (Å²) in [6.07, 6.45) is 5.77. The molecule has 4 nitrogen and oxygen atoms in total. The van der Waals surface area contributed by atoms with Gasteiger partial charge in [0, 0.05) is 12.0 Å². The maximum atomic E-state index is 14.0. The fourth-order valence-electron chi connectivity index (χ4n) is 5.53. The molecule has 3 rings (SSSR count). The molecule has 0 aliphatic heterocycles. The number of ether oxygens (including phenoxy) is 2. The molecule has 216 valence electrons. The lowest BCUT2D eigenvalue weighted by Crippen LogP contribution is -2.29. The lowest BCUT2D eigenvalue weighted by molar-refractivity contribution is -0.152. The number of rotatable bonds is 9. The van der Waals surface area contributed by atoms with Gasteiger partial charge >= 0.3 is 22.2 Å². The first-order valence-corrected chi connectivity index (χ1v) is 14.6. The molecule has 2 saturated carbocycles. The summed E-state index contributed by atoms with van der Waals surface area (Å²) in [7, 11) is -10.5. The van der Waals surface area contributed by atoms with Crippen molar-refractivity contribution in [2.45, 2.75) is 88.0 Å². The highest BCUT2D eigenvalue weighted by Crippen LogP contribution is 3.02. The highest BCUT2D eigenvalue weighted by Gasteiger charge is 2.69. The van der Waals surface area contributed by atoms with E-state index in [2.05, 4.69) is 6.58 Å². The zero-order valence-corrected chi connectivity index (χ0v) is 22.0. The molecule has 2 aliphatic rings. The van der Waals surface area contributed by atoms with Gasteiger partial charge < -0.3 is 9.47 Å². The summed E-state index contributed by atoms with van der Waals surface area (Å²) in [5, 5.41) is 0. The van der Waals surface area contributed by atoms with Crippen LogP contribution in [0.3, 0.4) is 0 Å². The van der Waals surface area contributed by atoms with E-state index >= 15 is 0 Å². The van der Waals surface area contributed by atoms with Crippen molar-refractivity contribution in [1.29, 1.82) is 0 Å². The normalized spacial score (nSPS) is 26.1. The van der Waals surface area contributed by atoms with Gasteiger partial charge in [-0.2, -0.15) is 0 Å². The maximum absolute atomic E-state index is 14.0. The fraction of sp³-hybridized carbons (Fsp3) is 0.615. The Morgan fingerprint density at radius 1 is 0.895 bits per heavy atom. The van der Waals surface area contributed by atoms with Gasteiger partial charge in [0.15, 0.2) is 4.90 Å². The van der Waals surface area contributed by atoms with E-state index in [4.69, 9.17) is 9.47 Å². The van der Waals surface area contributed by atoms with E-state index < -0.39 is 38.6 Å². The molecule has 0 N–H and O–H groups in total. The Labute approximate surface area is 217 Å². The van der Waals surface area contributed by atoms with Crippen molar-refractivity contribution in [2.75, 3.05) is 6.61 Å². The lowest BCUT2D eigenvalue weighted by Gasteiger charge is -2.41. The Morgan fingerprint density at radius 3 is 1.87 bits per heavy atom. The van der Waals surface area contributed by atoms with Crippen LogP contribution in [0.4, 0.5) is 28.2 Å². The number of benzene rings is 1. The molecule has 0 bridgehead atoms. The van der Waals surface area contributed by atoms with Crippen LogP contribution in [-0.2, 0) is 19.1 Å². The number of carbonyl (C=O) groups excluding carboxylic acids is 2. The minimum atomic E-state index is -10.5. The van der Waals surface area contributed by atoms with Crippen molar-refractivity contribution in [3.05, 3.63) is 41.5 Å². The Balaban J connectivity index is 1.43. The van der Waals surface area contributed by atoms with Gasteiger partial charge in [-0.3, -0.25) is 4.79 Å². The average molecular weight is 575 g/mol. The molecule has 0 unspecified atom stereocenters. The first-order chi connectivity index (χ1) is 17.4. The van der Waals surface area contributed by atoms with Crippen LogP contribution in [0.2, 0.25) is 0 Å². The smallest absolute Gasteiger partial charge is 0.333 e. The summed E-state index contributed by atoms with van der Waals surface area (Å²) in [5.74, 6) is -5.12. The molecule has 0 saturated heterocycles. The van der Waals surface area contributed by atoms with Crippen molar-refractivity contribution in [3.63, 3.8) is 0 Å². The van der Waals surface area contributed by atoms with Crippen LogP contribution >= 0.6 is 10.2 Å². The fourth-order valence-corrected chi connectivity index (χ4v) is 6.39. The van der Waals surface area contributed by atoms with Crippen LogP contribution in [0.1, 0.15) is 82.6 Å². The number of halogens is 7. The first kappa shape index (κ1) is 30.3. The van der Waals surface area contributed by atoms with Crippen molar-refractivity contribution in [1.82, 2.24) is 0 Å². The summed E-state index contributed by atoms with van der Waals surface area (Å²) >= 11 is 0. The third-order valence-electron chi connectivity index (χ3n) is 7.44. The summed E-state index contributed by atoms with van der Waals surface area (Å²) in [6, 6.07) is 0.788. The van der Waals surface area contributed by atoms with Crippen molar-refractivity contribution in [3.8, 4) is 0 Å². The molecule has 12 heteroatoms. The molecule has 1 aromatic carbocycles. The second-order valence-corrected chi connectivity index (χ2v) is 12.8. The van der Waals surface area contributed by atoms with Gasteiger partial charge in [0.25, 0.3) is 0 Å². The van der Waals surface area contributed by atoms with E-state index in [-0.39, 0.29) is 36.2 Å². The van der Waals surface area contributed by atoms with Gasteiger partial charge in [-0.25, -0.2) is 13.6 Å². The minimum Gasteiger partial charge on any atom is -0.462 e. The number of carbonyl (C=O) groups is 2. The molecule has 2 aliphatic carbocycles. The number of hydrogen-bond acceptors (Lipinski definition) is 4. The molecule has 1 aromatic rings. The van der Waals surface area contributed by atoms with Gasteiger partial charge in [-0.1, -0.05) is 26.0 Å². The van der Waals surface area contributed by atoms with E-state index in [9.17, 15) is 37.8 Å². The number of hydrogen-bond donors (Lipinski definition) is 0. The Morgan fingerprint density at radius 2 is 1.39 bits per heavy atom. The minimum absolute atomic E-state index is 0.0333.